The van der Waals surface area contributed by atoms with Crippen LogP contribution in [0, 0.1) is 0 Å². The third kappa shape index (κ3) is 4.78. The summed E-state index contributed by atoms with van der Waals surface area (Å²) < 4.78 is 39.6. The minimum Gasteiger partial charge on any atom is -0.338 e. The van der Waals surface area contributed by atoms with Gasteiger partial charge in [0.25, 0.3) is 0 Å². The smallest absolute Gasteiger partial charge is 0.338 e. The second kappa shape index (κ2) is 7.69. The highest BCUT2D eigenvalue weighted by Crippen LogP contribution is 2.29. The number of pyridine rings is 1. The molecule has 0 saturated carbocycles. The fourth-order valence-corrected chi connectivity index (χ4v) is 2.68. The van der Waals surface area contributed by atoms with Gasteiger partial charge in [0, 0.05) is 39.0 Å². The molecular weight excluding hydrogens is 357 g/mol. The molecule has 5 nitrogen and oxygen atoms in total. The van der Waals surface area contributed by atoms with Crippen molar-refractivity contribution in [3.05, 3.63) is 71.7 Å². The molecule has 2 aromatic heterocycles. The van der Waals surface area contributed by atoms with Crippen LogP contribution in [0.15, 0.2) is 54.9 Å². The van der Waals surface area contributed by atoms with Gasteiger partial charge in [-0.2, -0.15) is 13.2 Å². The van der Waals surface area contributed by atoms with E-state index in [4.69, 9.17) is 0 Å². The Labute approximate surface area is 154 Å². The number of rotatable bonds is 5. The van der Waals surface area contributed by atoms with Crippen molar-refractivity contribution < 1.29 is 18.0 Å². The molecule has 2 heterocycles. The number of aromatic nitrogens is 2. The summed E-state index contributed by atoms with van der Waals surface area (Å²) in [6, 6.07) is 10.2. The lowest BCUT2D eigenvalue weighted by atomic mass is 10.1. The number of amides is 2. The molecule has 142 valence electrons. The first-order chi connectivity index (χ1) is 12.8. The Bertz CT molecular complexity index is 886. The topological polar surface area (TPSA) is 49.6 Å². The van der Waals surface area contributed by atoms with Crippen molar-refractivity contribution in [1.82, 2.24) is 19.6 Å². The van der Waals surface area contributed by atoms with E-state index in [2.05, 4.69) is 10.3 Å². The van der Waals surface area contributed by atoms with Crippen LogP contribution in [-0.2, 0) is 19.1 Å². The molecule has 0 radical (unpaired) electrons. The second-order valence-corrected chi connectivity index (χ2v) is 6.23. The van der Waals surface area contributed by atoms with Crippen molar-refractivity contribution in [3.8, 4) is 0 Å². The lowest BCUT2D eigenvalue weighted by Crippen LogP contribution is -2.37. The van der Waals surface area contributed by atoms with Gasteiger partial charge in [-0.3, -0.25) is 0 Å². The number of alkyl halides is 3. The number of halogens is 3. The molecule has 1 aromatic carbocycles. The van der Waals surface area contributed by atoms with Crippen LogP contribution in [0.3, 0.4) is 0 Å². The zero-order valence-electron chi connectivity index (χ0n) is 14.7. The molecule has 0 unspecified atom stereocenters. The van der Waals surface area contributed by atoms with Gasteiger partial charge in [0.05, 0.1) is 11.3 Å². The average molecular weight is 376 g/mol. The number of nitrogens with one attached hydrogen (secondary N) is 1. The number of fused-ring (bicyclic) bond motifs is 1. The fourth-order valence-electron chi connectivity index (χ4n) is 2.68. The molecule has 1 N–H and O–H groups in total. The van der Waals surface area contributed by atoms with Crippen molar-refractivity contribution in [2.75, 3.05) is 13.6 Å². The Morgan fingerprint density at radius 3 is 2.59 bits per heavy atom. The fraction of sp³-hybridized carbons (Fsp3) is 0.263. The van der Waals surface area contributed by atoms with Gasteiger partial charge in [0.1, 0.15) is 5.65 Å². The lowest BCUT2D eigenvalue weighted by molar-refractivity contribution is -0.137. The Kier molecular flexibility index (Phi) is 5.34. The van der Waals surface area contributed by atoms with Crippen LogP contribution in [-0.4, -0.2) is 33.9 Å². The van der Waals surface area contributed by atoms with E-state index in [0.29, 0.717) is 18.5 Å². The minimum absolute atomic E-state index is 0.221. The molecular formula is C19H19F3N4O. The number of carbonyl (C=O) groups excluding carboxylic acids is 1. The molecule has 0 saturated heterocycles. The van der Waals surface area contributed by atoms with Crippen molar-refractivity contribution in [1.29, 1.82) is 0 Å². The molecule has 0 atom stereocenters. The maximum absolute atomic E-state index is 12.6. The van der Waals surface area contributed by atoms with E-state index in [9.17, 15) is 18.0 Å². The lowest BCUT2D eigenvalue weighted by Gasteiger charge is -2.18. The van der Waals surface area contributed by atoms with Crippen LogP contribution in [0.25, 0.3) is 5.65 Å². The van der Waals surface area contributed by atoms with Crippen molar-refractivity contribution in [2.24, 2.45) is 0 Å². The third-order valence-corrected chi connectivity index (χ3v) is 4.12. The van der Waals surface area contributed by atoms with Gasteiger partial charge >= 0.3 is 12.2 Å². The Morgan fingerprint density at radius 2 is 1.93 bits per heavy atom. The van der Waals surface area contributed by atoms with E-state index in [0.717, 1.165) is 23.5 Å². The molecule has 0 aliphatic rings. The largest absolute Gasteiger partial charge is 0.416 e. The summed E-state index contributed by atoms with van der Waals surface area (Å²) in [5.74, 6) is 0. The van der Waals surface area contributed by atoms with Crippen LogP contribution in [0.5, 0.6) is 0 Å². The normalized spacial score (nSPS) is 11.6. The highest BCUT2D eigenvalue weighted by molar-refractivity contribution is 5.73. The van der Waals surface area contributed by atoms with E-state index >= 15 is 0 Å². The van der Waals surface area contributed by atoms with Crippen molar-refractivity contribution in [3.63, 3.8) is 0 Å². The number of nitrogens with zero attached hydrogens (tertiary/aromatic N) is 3. The van der Waals surface area contributed by atoms with Gasteiger partial charge < -0.3 is 14.6 Å². The predicted octanol–water partition coefficient (Wildman–Crippen LogP) is 3.74. The maximum Gasteiger partial charge on any atom is 0.416 e. The quantitative estimate of drug-likeness (QED) is 0.738. The summed E-state index contributed by atoms with van der Waals surface area (Å²) in [6.45, 7) is 0.637. The average Bonchev–Trinajstić information content (AvgIpc) is 3.04. The second-order valence-electron chi connectivity index (χ2n) is 6.23. The number of urea groups is 1. The van der Waals surface area contributed by atoms with E-state index in [-0.39, 0.29) is 12.6 Å². The molecule has 0 aliphatic heterocycles. The number of hydrogen-bond donors (Lipinski definition) is 1. The summed E-state index contributed by atoms with van der Waals surface area (Å²) >= 11 is 0. The highest BCUT2D eigenvalue weighted by Gasteiger charge is 2.29. The van der Waals surface area contributed by atoms with Gasteiger partial charge in [0.15, 0.2) is 0 Å². The SMILES string of the molecule is CN(Cc1ccc(C(F)(F)F)cc1)C(=O)NCCc1cn2ccccc2n1. The van der Waals surface area contributed by atoms with E-state index in [1.54, 1.807) is 7.05 Å². The highest BCUT2D eigenvalue weighted by atomic mass is 19.4. The summed E-state index contributed by atoms with van der Waals surface area (Å²) in [7, 11) is 1.60. The first kappa shape index (κ1) is 18.8. The zero-order valence-corrected chi connectivity index (χ0v) is 14.7. The Balaban J connectivity index is 1.48. The third-order valence-electron chi connectivity index (χ3n) is 4.12. The van der Waals surface area contributed by atoms with Crippen LogP contribution < -0.4 is 5.32 Å². The Morgan fingerprint density at radius 1 is 1.19 bits per heavy atom. The van der Waals surface area contributed by atoms with E-state index in [1.165, 1.54) is 17.0 Å². The maximum atomic E-state index is 12.6. The van der Waals surface area contributed by atoms with Gasteiger partial charge in [-0.25, -0.2) is 9.78 Å². The number of hydrogen-bond acceptors (Lipinski definition) is 2. The van der Waals surface area contributed by atoms with Crippen LogP contribution in [0.1, 0.15) is 16.8 Å². The van der Waals surface area contributed by atoms with E-state index < -0.39 is 11.7 Å². The number of benzene rings is 1. The molecule has 0 bridgehead atoms. The standard InChI is InChI=1S/C19H19F3N4O/c1-25(12-14-5-7-15(8-6-14)19(20,21)22)18(27)23-10-9-16-13-26-11-3-2-4-17(26)24-16/h2-8,11,13H,9-10,12H2,1H3,(H,23,27). The van der Waals surface area contributed by atoms with Crippen molar-refractivity contribution >= 4 is 11.7 Å². The number of imidazole rings is 1. The summed E-state index contributed by atoms with van der Waals surface area (Å²) in [5, 5.41) is 2.79. The first-order valence-electron chi connectivity index (χ1n) is 8.40. The van der Waals surface area contributed by atoms with Crippen molar-refractivity contribution in [2.45, 2.75) is 19.1 Å². The van der Waals surface area contributed by atoms with Crippen LogP contribution in [0.4, 0.5) is 18.0 Å². The predicted molar refractivity (Wildman–Crippen MR) is 95.2 cm³/mol. The van der Waals surface area contributed by atoms with Gasteiger partial charge in [-0.15, -0.1) is 0 Å². The van der Waals surface area contributed by atoms with E-state index in [1.807, 2.05) is 35.0 Å². The van der Waals surface area contributed by atoms with Gasteiger partial charge in [-0.05, 0) is 29.8 Å². The molecule has 0 spiro atoms. The molecule has 3 aromatic rings. The summed E-state index contributed by atoms with van der Waals surface area (Å²) in [4.78, 5) is 18.0. The zero-order chi connectivity index (χ0) is 19.4. The molecule has 27 heavy (non-hydrogen) atoms. The molecule has 3 rings (SSSR count). The first-order valence-corrected chi connectivity index (χ1v) is 8.40. The Hall–Kier alpha value is -3.03. The minimum atomic E-state index is -4.36. The van der Waals surface area contributed by atoms with Gasteiger partial charge in [-0.1, -0.05) is 18.2 Å². The number of carbonyl (C=O) groups is 1. The van der Waals surface area contributed by atoms with Crippen LogP contribution in [0.2, 0.25) is 0 Å². The molecule has 0 aliphatic carbocycles. The molecule has 2 amide bonds. The van der Waals surface area contributed by atoms with Gasteiger partial charge in [0.2, 0.25) is 0 Å². The molecule has 0 fully saturated rings. The monoisotopic (exact) mass is 376 g/mol. The summed E-state index contributed by atoms with van der Waals surface area (Å²) in [5.41, 5.74) is 1.64. The van der Waals surface area contributed by atoms with Crippen LogP contribution >= 0.6 is 0 Å². The molecule has 8 heteroatoms. The summed E-state index contributed by atoms with van der Waals surface area (Å²) in [6.07, 6.45) is 0.0386.